The average molecular weight is 231 g/mol. The molecule has 0 aromatic heterocycles. The number of amides is 1. The van der Waals surface area contributed by atoms with Crippen molar-refractivity contribution in [2.45, 2.75) is 0 Å². The Hall–Kier alpha value is -2.36. The van der Waals surface area contributed by atoms with Crippen LogP contribution in [0.3, 0.4) is 0 Å². The Morgan fingerprint density at radius 3 is 2.65 bits per heavy atom. The summed E-state index contributed by atoms with van der Waals surface area (Å²) in [5, 5.41) is 2.46. The van der Waals surface area contributed by atoms with Gasteiger partial charge in [0.25, 0.3) is 5.91 Å². The molecule has 1 aromatic rings. The third-order valence-electron chi connectivity index (χ3n) is 1.81. The van der Waals surface area contributed by atoms with E-state index in [0.717, 1.165) is 6.08 Å². The Morgan fingerprint density at radius 1 is 1.29 bits per heavy atom. The first kappa shape index (κ1) is 12.7. The minimum Gasteiger partial charge on any atom is -0.458 e. The zero-order chi connectivity index (χ0) is 12.5. The molecule has 0 unspecified atom stereocenters. The molecular formula is C13H13NO3. The molecule has 1 aromatic carbocycles. The summed E-state index contributed by atoms with van der Waals surface area (Å²) >= 11 is 0. The molecule has 0 bridgehead atoms. The normalized spacial score (nSPS) is 9.88. The van der Waals surface area contributed by atoms with Gasteiger partial charge in [-0.1, -0.05) is 30.9 Å². The lowest BCUT2D eigenvalue weighted by atomic mass is 10.2. The van der Waals surface area contributed by atoms with E-state index < -0.39 is 5.97 Å². The topological polar surface area (TPSA) is 55.4 Å². The molecule has 0 atom stereocenters. The maximum atomic E-state index is 11.5. The van der Waals surface area contributed by atoms with Crippen LogP contribution in [0.5, 0.6) is 0 Å². The van der Waals surface area contributed by atoms with Crippen molar-refractivity contribution in [3.63, 3.8) is 0 Å². The lowest BCUT2D eigenvalue weighted by molar-refractivity contribution is -0.136. The zero-order valence-corrected chi connectivity index (χ0v) is 9.26. The van der Waals surface area contributed by atoms with Crippen LogP contribution in [0.1, 0.15) is 10.4 Å². The lowest BCUT2D eigenvalue weighted by Gasteiger charge is -1.99. The second-order valence-corrected chi connectivity index (χ2v) is 3.09. The molecule has 0 heterocycles. The van der Waals surface area contributed by atoms with Gasteiger partial charge in [0.1, 0.15) is 6.61 Å². The highest BCUT2D eigenvalue weighted by molar-refractivity contribution is 5.95. The molecule has 88 valence electrons. The van der Waals surface area contributed by atoms with Crippen molar-refractivity contribution in [1.82, 2.24) is 5.32 Å². The predicted molar refractivity (Wildman–Crippen MR) is 64.2 cm³/mol. The smallest absolute Gasteiger partial charge is 0.332 e. The van der Waals surface area contributed by atoms with E-state index in [1.807, 2.05) is 6.07 Å². The molecule has 0 fully saturated rings. The number of hydrogen-bond acceptors (Lipinski definition) is 3. The van der Waals surface area contributed by atoms with E-state index in [4.69, 9.17) is 0 Å². The van der Waals surface area contributed by atoms with E-state index in [1.165, 1.54) is 12.3 Å². The predicted octanol–water partition coefficient (Wildman–Crippen LogP) is 1.66. The summed E-state index contributed by atoms with van der Waals surface area (Å²) in [4.78, 5) is 22.5. The van der Waals surface area contributed by atoms with E-state index in [0.29, 0.717) is 5.56 Å². The van der Waals surface area contributed by atoms with Crippen LogP contribution in [-0.2, 0) is 9.53 Å². The van der Waals surface area contributed by atoms with Crippen molar-refractivity contribution in [2.75, 3.05) is 6.61 Å². The number of esters is 1. The fraction of sp³-hybridized carbons (Fsp3) is 0.0769. The van der Waals surface area contributed by atoms with E-state index in [1.54, 1.807) is 24.3 Å². The van der Waals surface area contributed by atoms with Crippen LogP contribution in [-0.4, -0.2) is 18.5 Å². The Morgan fingerprint density at radius 2 is 2.00 bits per heavy atom. The van der Waals surface area contributed by atoms with Crippen LogP contribution in [0.4, 0.5) is 0 Å². The standard InChI is InChI=1S/C13H13NO3/c1-2-10-17-12(15)8-9-14-13(16)11-6-4-3-5-7-11/h2-9H,1,10H2,(H,14,16). The monoisotopic (exact) mass is 231 g/mol. The van der Waals surface area contributed by atoms with Gasteiger partial charge in [0.2, 0.25) is 0 Å². The number of nitrogens with one attached hydrogen (secondary N) is 1. The van der Waals surface area contributed by atoms with Crippen LogP contribution in [0, 0.1) is 0 Å². The number of hydrogen-bond donors (Lipinski definition) is 1. The number of rotatable bonds is 5. The molecule has 0 saturated heterocycles. The molecule has 0 saturated carbocycles. The van der Waals surface area contributed by atoms with Crippen LogP contribution in [0.25, 0.3) is 0 Å². The van der Waals surface area contributed by atoms with Gasteiger partial charge < -0.3 is 10.1 Å². The zero-order valence-electron chi connectivity index (χ0n) is 9.26. The van der Waals surface area contributed by atoms with Crippen molar-refractivity contribution in [2.24, 2.45) is 0 Å². The summed E-state index contributed by atoms with van der Waals surface area (Å²) in [5.74, 6) is -0.809. The molecule has 17 heavy (non-hydrogen) atoms. The molecule has 0 radical (unpaired) electrons. The van der Waals surface area contributed by atoms with Gasteiger partial charge in [-0.3, -0.25) is 4.79 Å². The Balaban J connectivity index is 2.41. The lowest BCUT2D eigenvalue weighted by Crippen LogP contribution is -2.17. The summed E-state index contributed by atoms with van der Waals surface area (Å²) in [7, 11) is 0. The molecule has 0 spiro atoms. The van der Waals surface area contributed by atoms with Crippen LogP contribution >= 0.6 is 0 Å². The van der Waals surface area contributed by atoms with Gasteiger partial charge in [-0.25, -0.2) is 4.79 Å². The molecule has 0 aliphatic carbocycles. The Kier molecular flexibility index (Phi) is 5.24. The second kappa shape index (κ2) is 7.00. The summed E-state index contributed by atoms with van der Waals surface area (Å²) < 4.78 is 4.68. The van der Waals surface area contributed by atoms with Gasteiger partial charge >= 0.3 is 5.97 Å². The quantitative estimate of drug-likeness (QED) is 0.476. The van der Waals surface area contributed by atoms with Gasteiger partial charge in [0.05, 0.1) is 0 Å². The highest BCUT2D eigenvalue weighted by Gasteiger charge is 2.01. The van der Waals surface area contributed by atoms with Gasteiger partial charge in [-0.15, -0.1) is 0 Å². The summed E-state index contributed by atoms with van der Waals surface area (Å²) in [5.41, 5.74) is 0.525. The van der Waals surface area contributed by atoms with Gasteiger partial charge in [0, 0.05) is 17.8 Å². The molecule has 1 rings (SSSR count). The Bertz CT molecular complexity index is 424. The van der Waals surface area contributed by atoms with Crippen molar-refractivity contribution in [1.29, 1.82) is 0 Å². The molecular weight excluding hydrogens is 218 g/mol. The van der Waals surface area contributed by atoms with Crippen molar-refractivity contribution < 1.29 is 14.3 Å². The summed E-state index contributed by atoms with van der Waals surface area (Å²) in [6.07, 6.45) is 3.86. The van der Waals surface area contributed by atoms with E-state index in [-0.39, 0.29) is 12.5 Å². The fourth-order valence-corrected chi connectivity index (χ4v) is 1.05. The Labute approximate surface area is 99.6 Å². The highest BCUT2D eigenvalue weighted by atomic mass is 16.5. The van der Waals surface area contributed by atoms with E-state index in [9.17, 15) is 9.59 Å². The second-order valence-electron chi connectivity index (χ2n) is 3.09. The fourth-order valence-electron chi connectivity index (χ4n) is 1.05. The maximum absolute atomic E-state index is 11.5. The van der Waals surface area contributed by atoms with Crippen LogP contribution in [0.15, 0.2) is 55.3 Å². The van der Waals surface area contributed by atoms with Gasteiger partial charge in [-0.2, -0.15) is 0 Å². The van der Waals surface area contributed by atoms with Gasteiger partial charge in [0.15, 0.2) is 0 Å². The minimum atomic E-state index is -0.529. The third-order valence-corrected chi connectivity index (χ3v) is 1.81. The first-order valence-electron chi connectivity index (χ1n) is 5.04. The third kappa shape index (κ3) is 4.79. The van der Waals surface area contributed by atoms with Gasteiger partial charge in [-0.05, 0) is 12.1 Å². The first-order valence-corrected chi connectivity index (χ1v) is 5.04. The SMILES string of the molecule is C=CCOC(=O)C=CNC(=O)c1ccccc1. The largest absolute Gasteiger partial charge is 0.458 e. The molecule has 1 amide bonds. The molecule has 0 aliphatic heterocycles. The van der Waals surface area contributed by atoms with Crippen LogP contribution in [0.2, 0.25) is 0 Å². The molecule has 1 N–H and O–H groups in total. The number of carbonyl (C=O) groups is 2. The average Bonchev–Trinajstić information content (AvgIpc) is 2.37. The van der Waals surface area contributed by atoms with E-state index >= 15 is 0 Å². The number of benzene rings is 1. The van der Waals surface area contributed by atoms with Crippen molar-refractivity contribution in [3.8, 4) is 0 Å². The van der Waals surface area contributed by atoms with Crippen molar-refractivity contribution in [3.05, 3.63) is 60.8 Å². The molecule has 4 heteroatoms. The minimum absolute atomic E-state index is 0.149. The summed E-state index contributed by atoms with van der Waals surface area (Å²) in [6.45, 7) is 3.56. The number of ether oxygens (including phenoxy) is 1. The molecule has 4 nitrogen and oxygen atoms in total. The maximum Gasteiger partial charge on any atom is 0.332 e. The van der Waals surface area contributed by atoms with Crippen LogP contribution < -0.4 is 5.32 Å². The molecule has 0 aliphatic rings. The summed E-state index contributed by atoms with van der Waals surface area (Å²) in [6, 6.07) is 8.70. The highest BCUT2D eigenvalue weighted by Crippen LogP contribution is 1.97. The van der Waals surface area contributed by atoms with E-state index in [2.05, 4.69) is 16.6 Å². The first-order chi connectivity index (χ1) is 8.24. The van der Waals surface area contributed by atoms with Crippen molar-refractivity contribution >= 4 is 11.9 Å². The number of carbonyl (C=O) groups excluding carboxylic acids is 2.